The highest BCUT2D eigenvalue weighted by atomic mass is 19.3. The zero-order chi connectivity index (χ0) is 30.1. The summed E-state index contributed by atoms with van der Waals surface area (Å²) in [4.78, 5) is 0. The lowest BCUT2D eigenvalue weighted by molar-refractivity contribution is -0.00242. The van der Waals surface area contributed by atoms with Gasteiger partial charge in [-0.15, -0.1) is 0 Å². The van der Waals surface area contributed by atoms with Crippen molar-refractivity contribution in [2.24, 2.45) is 0 Å². The molecule has 220 valence electrons. The highest BCUT2D eigenvalue weighted by Gasteiger charge is 2.48. The van der Waals surface area contributed by atoms with E-state index in [4.69, 9.17) is 4.74 Å². The number of alkyl halides is 2. The molecular weight excluding hydrogens is 559 g/mol. The molecule has 0 aliphatic heterocycles. The van der Waals surface area contributed by atoms with E-state index in [1.54, 1.807) is 12.1 Å². The maximum absolute atomic E-state index is 14.6. The summed E-state index contributed by atoms with van der Waals surface area (Å²) in [6, 6.07) is 14.3. The Kier molecular flexibility index (Phi) is 8.80. The van der Waals surface area contributed by atoms with Crippen LogP contribution in [0.3, 0.4) is 0 Å². The van der Waals surface area contributed by atoms with Gasteiger partial charge >= 0.3 is 12.0 Å². The van der Waals surface area contributed by atoms with Gasteiger partial charge < -0.3 is 4.74 Å². The second-order valence-corrected chi connectivity index (χ2v) is 10.3. The van der Waals surface area contributed by atoms with Gasteiger partial charge in [0.2, 0.25) is 23.2 Å². The van der Waals surface area contributed by atoms with Crippen molar-refractivity contribution in [3.05, 3.63) is 106 Å². The van der Waals surface area contributed by atoms with E-state index in [1.165, 1.54) is 17.7 Å². The average molecular weight is 587 g/mol. The standard InChI is InChI=1S/C31H27F9O/c1-3-17(2)18-7-9-19(10-8-18)30(15-5-4-6-16-30)20-11-13-21(14-12-20)41-27-25(34)23(32)22(24(33)26(27)35)31(39,40)28(36)29(37)38/h7-14,17H,3-6,15-16H2,1-2H3. The normalized spacial score (nSPS) is 15.9. The predicted octanol–water partition coefficient (Wildman–Crippen LogP) is 11.0. The van der Waals surface area contributed by atoms with Crippen LogP contribution in [0.2, 0.25) is 0 Å². The topological polar surface area (TPSA) is 9.23 Å². The van der Waals surface area contributed by atoms with Gasteiger partial charge in [0.05, 0.1) is 0 Å². The molecular formula is C31H27F9O. The average Bonchev–Trinajstić information content (AvgIpc) is 2.98. The van der Waals surface area contributed by atoms with Crippen LogP contribution in [0.25, 0.3) is 0 Å². The highest BCUT2D eigenvalue weighted by Crippen LogP contribution is 2.47. The third-order valence-corrected chi connectivity index (χ3v) is 7.96. The Bertz CT molecular complexity index is 1390. The summed E-state index contributed by atoms with van der Waals surface area (Å²) >= 11 is 0. The second kappa shape index (κ2) is 11.8. The molecule has 0 bridgehead atoms. The van der Waals surface area contributed by atoms with Crippen molar-refractivity contribution in [2.75, 3.05) is 0 Å². The Labute approximate surface area is 231 Å². The molecule has 0 saturated heterocycles. The van der Waals surface area contributed by atoms with Crippen LogP contribution in [-0.4, -0.2) is 0 Å². The molecule has 4 rings (SSSR count). The molecule has 1 nitrogen and oxygen atoms in total. The number of allylic oxidation sites excluding steroid dienone is 1. The Morgan fingerprint density at radius 3 is 1.73 bits per heavy atom. The Morgan fingerprint density at radius 2 is 1.27 bits per heavy atom. The smallest absolute Gasteiger partial charge is 0.335 e. The summed E-state index contributed by atoms with van der Waals surface area (Å²) in [6.07, 6.45) is 2.09. The van der Waals surface area contributed by atoms with Gasteiger partial charge in [0.15, 0.2) is 11.6 Å². The monoisotopic (exact) mass is 586 g/mol. The maximum atomic E-state index is 14.6. The zero-order valence-corrected chi connectivity index (χ0v) is 22.2. The van der Waals surface area contributed by atoms with Crippen LogP contribution >= 0.6 is 0 Å². The first-order chi connectivity index (χ1) is 19.3. The molecule has 0 N–H and O–H groups in total. The lowest BCUT2D eigenvalue weighted by Crippen LogP contribution is -2.30. The first-order valence-corrected chi connectivity index (χ1v) is 13.2. The van der Waals surface area contributed by atoms with Gasteiger partial charge in [-0.05, 0) is 54.0 Å². The molecule has 1 saturated carbocycles. The summed E-state index contributed by atoms with van der Waals surface area (Å²) in [5.74, 6) is -21.2. The molecule has 1 aliphatic rings. The quantitative estimate of drug-likeness (QED) is 0.189. The van der Waals surface area contributed by atoms with Gasteiger partial charge in [-0.3, -0.25) is 0 Å². The molecule has 0 amide bonds. The van der Waals surface area contributed by atoms with E-state index in [0.717, 1.165) is 49.7 Å². The molecule has 3 aromatic carbocycles. The Balaban J connectivity index is 1.68. The first-order valence-electron chi connectivity index (χ1n) is 13.2. The fourth-order valence-electron chi connectivity index (χ4n) is 5.43. The van der Waals surface area contributed by atoms with Crippen LogP contribution in [-0.2, 0) is 11.3 Å². The van der Waals surface area contributed by atoms with E-state index in [1.807, 2.05) is 0 Å². The van der Waals surface area contributed by atoms with Crippen LogP contribution in [0.15, 0.2) is 60.4 Å². The third kappa shape index (κ3) is 5.57. The summed E-state index contributed by atoms with van der Waals surface area (Å²) in [6.45, 7) is 4.26. The largest absolute Gasteiger partial charge is 0.451 e. The molecule has 41 heavy (non-hydrogen) atoms. The lowest BCUT2D eigenvalue weighted by Gasteiger charge is -2.39. The van der Waals surface area contributed by atoms with E-state index in [0.29, 0.717) is 5.92 Å². The molecule has 3 aromatic rings. The molecule has 10 heteroatoms. The van der Waals surface area contributed by atoms with Gasteiger partial charge in [0.25, 0.3) is 0 Å². The van der Waals surface area contributed by atoms with E-state index >= 15 is 0 Å². The molecule has 1 aliphatic carbocycles. The minimum Gasteiger partial charge on any atom is -0.451 e. The Hall–Kier alpha value is -3.43. The number of rotatable bonds is 8. The molecule has 1 atom stereocenters. The van der Waals surface area contributed by atoms with Crippen molar-refractivity contribution in [3.63, 3.8) is 0 Å². The van der Waals surface area contributed by atoms with Crippen molar-refractivity contribution in [1.82, 2.24) is 0 Å². The number of benzene rings is 3. The van der Waals surface area contributed by atoms with Gasteiger partial charge in [0.1, 0.15) is 11.3 Å². The van der Waals surface area contributed by atoms with Crippen molar-refractivity contribution in [3.8, 4) is 11.5 Å². The zero-order valence-electron chi connectivity index (χ0n) is 22.2. The van der Waals surface area contributed by atoms with Gasteiger partial charge in [-0.25, -0.2) is 8.78 Å². The summed E-state index contributed by atoms with van der Waals surface area (Å²) in [5.41, 5.74) is 0.00737. The van der Waals surface area contributed by atoms with Crippen LogP contribution in [0.1, 0.15) is 80.5 Å². The molecule has 1 fully saturated rings. The lowest BCUT2D eigenvalue weighted by atomic mass is 9.65. The maximum Gasteiger partial charge on any atom is 0.335 e. The predicted molar refractivity (Wildman–Crippen MR) is 136 cm³/mol. The number of ether oxygens (including phenoxy) is 1. The SMILES string of the molecule is CCC(C)c1ccc(C2(c3ccc(Oc4c(F)c(F)c(C(F)(F)C(F)=C(F)F)c(F)c4F)cc3)CCCCC2)cc1. The van der Waals surface area contributed by atoms with Gasteiger partial charge in [-0.1, -0.05) is 69.5 Å². The summed E-state index contributed by atoms with van der Waals surface area (Å²) in [5, 5.41) is 0. The van der Waals surface area contributed by atoms with Gasteiger partial charge in [0, 0.05) is 5.41 Å². The van der Waals surface area contributed by atoms with Crippen LogP contribution in [0.4, 0.5) is 39.5 Å². The Morgan fingerprint density at radius 1 is 0.780 bits per heavy atom. The van der Waals surface area contributed by atoms with Crippen molar-refractivity contribution < 1.29 is 44.3 Å². The van der Waals surface area contributed by atoms with Crippen LogP contribution in [0.5, 0.6) is 11.5 Å². The molecule has 0 spiro atoms. The fraction of sp³-hybridized carbons (Fsp3) is 0.355. The fourth-order valence-corrected chi connectivity index (χ4v) is 5.43. The van der Waals surface area contributed by atoms with Crippen molar-refractivity contribution in [1.29, 1.82) is 0 Å². The second-order valence-electron chi connectivity index (χ2n) is 10.3. The van der Waals surface area contributed by atoms with Crippen molar-refractivity contribution >= 4 is 0 Å². The van der Waals surface area contributed by atoms with Crippen molar-refractivity contribution in [2.45, 2.75) is 69.6 Å². The van der Waals surface area contributed by atoms with Gasteiger partial charge in [-0.2, -0.15) is 30.7 Å². The summed E-state index contributed by atoms with van der Waals surface area (Å²) < 4.78 is 129. The highest BCUT2D eigenvalue weighted by molar-refractivity contribution is 5.45. The van der Waals surface area contributed by atoms with E-state index in [2.05, 4.69) is 38.1 Å². The number of hydrogen-bond acceptors (Lipinski definition) is 1. The molecule has 1 unspecified atom stereocenters. The minimum absolute atomic E-state index is 0.274. The van der Waals surface area contributed by atoms with Crippen LogP contribution in [0, 0.1) is 23.3 Å². The minimum atomic E-state index is -5.67. The number of hydrogen-bond donors (Lipinski definition) is 0. The molecule has 0 heterocycles. The van der Waals surface area contributed by atoms with Crippen LogP contribution < -0.4 is 4.74 Å². The molecule has 0 radical (unpaired) electrons. The molecule has 0 aromatic heterocycles. The van der Waals surface area contributed by atoms with E-state index in [9.17, 15) is 39.5 Å². The van der Waals surface area contributed by atoms with E-state index in [-0.39, 0.29) is 11.2 Å². The number of halogens is 9. The first kappa shape index (κ1) is 30.5. The summed E-state index contributed by atoms with van der Waals surface area (Å²) in [7, 11) is 0. The third-order valence-electron chi connectivity index (χ3n) is 7.96. The van der Waals surface area contributed by atoms with E-state index < -0.39 is 52.4 Å².